The number of carbonyl (C=O) groups is 3. The maximum Gasteiger partial charge on any atom is 0.306 e. The van der Waals surface area contributed by atoms with E-state index in [0.29, 0.717) is 19.3 Å². The van der Waals surface area contributed by atoms with Gasteiger partial charge in [0.15, 0.2) is 6.10 Å². The number of esters is 3. The van der Waals surface area contributed by atoms with Crippen LogP contribution in [-0.2, 0) is 28.6 Å². The number of unbranched alkanes of at least 4 members (excludes halogenated alkanes) is 29. The Balaban J connectivity index is 4.19. The van der Waals surface area contributed by atoms with E-state index in [1.165, 1.54) is 186 Å². The van der Waals surface area contributed by atoms with E-state index in [4.69, 9.17) is 14.2 Å². The molecule has 0 aliphatic carbocycles. The molecule has 4 atom stereocenters. The van der Waals surface area contributed by atoms with Crippen LogP contribution in [0.25, 0.3) is 0 Å². The molecule has 0 fully saturated rings. The van der Waals surface area contributed by atoms with Crippen LogP contribution in [0.4, 0.5) is 0 Å². The lowest BCUT2D eigenvalue weighted by molar-refractivity contribution is -0.167. The Kier molecular flexibility index (Phi) is 46.2. The zero-order valence-corrected chi connectivity index (χ0v) is 42.7. The summed E-state index contributed by atoms with van der Waals surface area (Å²) in [5, 5.41) is 0. The molecule has 0 amide bonds. The number of hydrogen-bond donors (Lipinski definition) is 0. The molecule has 3 unspecified atom stereocenters. The second-order valence-electron chi connectivity index (χ2n) is 19.9. The molecule has 0 spiro atoms. The van der Waals surface area contributed by atoms with Crippen LogP contribution in [0.2, 0.25) is 0 Å². The summed E-state index contributed by atoms with van der Waals surface area (Å²) in [6, 6.07) is 0. The quantitative estimate of drug-likeness (QED) is 0.0344. The summed E-state index contributed by atoms with van der Waals surface area (Å²) >= 11 is 0. The Hall–Kier alpha value is -1.59. The monoisotopic (exact) mass is 877 g/mol. The minimum absolute atomic E-state index is 0.0653. The summed E-state index contributed by atoms with van der Waals surface area (Å²) in [5.74, 6) is 1.71. The molecule has 0 radical (unpaired) electrons. The highest BCUT2D eigenvalue weighted by molar-refractivity contribution is 5.71. The molecule has 0 saturated carbocycles. The van der Waals surface area contributed by atoms with Crippen molar-refractivity contribution in [3.05, 3.63) is 0 Å². The first-order valence-electron chi connectivity index (χ1n) is 27.7. The Morgan fingerprint density at radius 3 is 0.758 bits per heavy atom. The molecule has 0 aliphatic rings. The molecule has 0 aliphatic heterocycles. The van der Waals surface area contributed by atoms with Gasteiger partial charge in [0.25, 0.3) is 0 Å². The average molecular weight is 877 g/mol. The van der Waals surface area contributed by atoms with Crippen LogP contribution in [-0.4, -0.2) is 37.2 Å². The van der Waals surface area contributed by atoms with Gasteiger partial charge in [-0.1, -0.05) is 266 Å². The Morgan fingerprint density at radius 1 is 0.306 bits per heavy atom. The Bertz CT molecular complexity index is 966. The summed E-state index contributed by atoms with van der Waals surface area (Å²) in [5.41, 5.74) is 0. The van der Waals surface area contributed by atoms with Gasteiger partial charge in [-0.3, -0.25) is 14.4 Å². The third-order valence-electron chi connectivity index (χ3n) is 13.7. The first-order valence-corrected chi connectivity index (χ1v) is 27.7. The second-order valence-corrected chi connectivity index (χ2v) is 19.9. The van der Waals surface area contributed by atoms with E-state index in [1.807, 2.05) is 0 Å². The Labute approximate surface area is 387 Å². The van der Waals surface area contributed by atoms with Crippen molar-refractivity contribution in [1.82, 2.24) is 0 Å². The van der Waals surface area contributed by atoms with Gasteiger partial charge in [-0.15, -0.1) is 0 Å². The summed E-state index contributed by atoms with van der Waals surface area (Å²) in [6.45, 7) is 13.8. The minimum Gasteiger partial charge on any atom is -0.462 e. The fourth-order valence-electron chi connectivity index (χ4n) is 8.37. The minimum atomic E-state index is -0.764. The maximum absolute atomic E-state index is 12.8. The summed E-state index contributed by atoms with van der Waals surface area (Å²) in [4.78, 5) is 38.0. The molecule has 6 nitrogen and oxygen atoms in total. The number of carbonyl (C=O) groups excluding carboxylic acids is 3. The van der Waals surface area contributed by atoms with Crippen LogP contribution in [0.15, 0.2) is 0 Å². The van der Waals surface area contributed by atoms with E-state index in [-0.39, 0.29) is 31.1 Å². The van der Waals surface area contributed by atoms with Crippen molar-refractivity contribution in [3.63, 3.8) is 0 Å². The highest BCUT2D eigenvalue weighted by Crippen LogP contribution is 2.19. The predicted molar refractivity (Wildman–Crippen MR) is 266 cm³/mol. The first kappa shape index (κ1) is 60.4. The van der Waals surface area contributed by atoms with Crippen LogP contribution < -0.4 is 0 Å². The van der Waals surface area contributed by atoms with E-state index in [9.17, 15) is 14.4 Å². The van der Waals surface area contributed by atoms with Crippen LogP contribution in [0.3, 0.4) is 0 Å². The van der Waals surface area contributed by atoms with Gasteiger partial charge in [0.05, 0.1) is 0 Å². The van der Waals surface area contributed by atoms with Gasteiger partial charge in [0, 0.05) is 19.3 Å². The predicted octanol–water partition coefficient (Wildman–Crippen LogP) is 17.9. The molecule has 368 valence electrons. The molecule has 0 rings (SSSR count). The molecule has 6 heteroatoms. The van der Waals surface area contributed by atoms with Gasteiger partial charge in [0.2, 0.25) is 0 Å². The third kappa shape index (κ3) is 45.0. The van der Waals surface area contributed by atoms with E-state index in [1.54, 1.807) is 0 Å². The molecule has 0 aromatic heterocycles. The van der Waals surface area contributed by atoms with E-state index in [2.05, 4.69) is 41.5 Å². The van der Waals surface area contributed by atoms with Crippen molar-refractivity contribution in [2.45, 2.75) is 311 Å². The molecule has 62 heavy (non-hydrogen) atoms. The number of rotatable bonds is 49. The van der Waals surface area contributed by atoms with Crippen LogP contribution in [0, 0.1) is 17.8 Å². The SMILES string of the molecule is CCC(C)CCCCCCCCCCCCCCCCCCCCC(=O)OC[C@@H](COC(=O)CCCCCCCCCCC(C)CC)OC(=O)CCCCCCCCC(C)CC. The zero-order valence-electron chi connectivity index (χ0n) is 42.7. The average Bonchev–Trinajstić information content (AvgIpc) is 3.27. The normalized spacial score (nSPS) is 13.5. The molecule has 0 N–H and O–H groups in total. The highest BCUT2D eigenvalue weighted by Gasteiger charge is 2.19. The van der Waals surface area contributed by atoms with Crippen LogP contribution in [0.5, 0.6) is 0 Å². The fraction of sp³-hybridized carbons (Fsp3) is 0.946. The van der Waals surface area contributed by atoms with Gasteiger partial charge in [-0.25, -0.2) is 0 Å². The molecular formula is C56H108O6. The van der Waals surface area contributed by atoms with Gasteiger partial charge in [0.1, 0.15) is 13.2 Å². The van der Waals surface area contributed by atoms with Gasteiger partial charge in [-0.05, 0) is 37.0 Å². The third-order valence-corrected chi connectivity index (χ3v) is 13.7. The second kappa shape index (κ2) is 47.4. The lowest BCUT2D eigenvalue weighted by atomic mass is 9.99. The van der Waals surface area contributed by atoms with Crippen molar-refractivity contribution in [3.8, 4) is 0 Å². The van der Waals surface area contributed by atoms with Crippen molar-refractivity contribution >= 4 is 17.9 Å². The van der Waals surface area contributed by atoms with Crippen molar-refractivity contribution in [2.24, 2.45) is 17.8 Å². The topological polar surface area (TPSA) is 78.9 Å². The largest absolute Gasteiger partial charge is 0.462 e. The zero-order chi connectivity index (χ0) is 45.6. The smallest absolute Gasteiger partial charge is 0.306 e. The highest BCUT2D eigenvalue weighted by atomic mass is 16.6. The van der Waals surface area contributed by atoms with E-state index in [0.717, 1.165) is 75.5 Å². The standard InChI is InChI=1S/C56H108O6/c1-7-50(4)42-36-30-24-20-18-16-14-12-10-11-13-15-17-19-21-26-33-39-45-54(57)60-48-53(62-56(59)47-41-35-29-28-32-38-44-52(6)9-3)49-61-55(58)46-40-34-27-23-22-25-31-37-43-51(5)8-2/h50-53H,7-49H2,1-6H3/t50?,51?,52?,53-/m0/s1. The van der Waals surface area contributed by atoms with Crippen molar-refractivity contribution in [1.29, 1.82) is 0 Å². The lowest BCUT2D eigenvalue weighted by Crippen LogP contribution is -2.30. The van der Waals surface area contributed by atoms with Crippen LogP contribution in [0.1, 0.15) is 305 Å². The molecular weight excluding hydrogens is 769 g/mol. The summed E-state index contributed by atoms with van der Waals surface area (Å²) < 4.78 is 16.8. The van der Waals surface area contributed by atoms with Crippen molar-refractivity contribution < 1.29 is 28.6 Å². The molecule has 0 heterocycles. The molecule has 0 saturated heterocycles. The molecule has 0 aromatic carbocycles. The van der Waals surface area contributed by atoms with Crippen molar-refractivity contribution in [2.75, 3.05) is 13.2 Å². The van der Waals surface area contributed by atoms with Gasteiger partial charge >= 0.3 is 17.9 Å². The molecule has 0 bridgehead atoms. The van der Waals surface area contributed by atoms with Gasteiger partial charge < -0.3 is 14.2 Å². The lowest BCUT2D eigenvalue weighted by Gasteiger charge is -2.18. The molecule has 0 aromatic rings. The number of hydrogen-bond acceptors (Lipinski definition) is 6. The van der Waals surface area contributed by atoms with Gasteiger partial charge in [-0.2, -0.15) is 0 Å². The van der Waals surface area contributed by atoms with E-state index >= 15 is 0 Å². The maximum atomic E-state index is 12.8. The fourth-order valence-corrected chi connectivity index (χ4v) is 8.37. The summed E-state index contributed by atoms with van der Waals surface area (Å²) in [7, 11) is 0. The Morgan fingerprint density at radius 2 is 0.516 bits per heavy atom. The van der Waals surface area contributed by atoms with Crippen LogP contribution >= 0.6 is 0 Å². The first-order chi connectivity index (χ1) is 30.2. The van der Waals surface area contributed by atoms with E-state index < -0.39 is 6.10 Å². The number of ether oxygens (including phenoxy) is 3. The summed E-state index contributed by atoms with van der Waals surface area (Å²) in [6.07, 6.45) is 48.1.